The third-order valence-corrected chi connectivity index (χ3v) is 5.44. The van der Waals surface area contributed by atoms with Crippen molar-refractivity contribution in [2.24, 2.45) is 5.92 Å². The molecule has 4 rings (SSSR count). The van der Waals surface area contributed by atoms with Crippen LogP contribution in [0, 0.1) is 5.92 Å². The van der Waals surface area contributed by atoms with Crippen molar-refractivity contribution in [3.8, 4) is 5.75 Å². The Morgan fingerprint density at radius 3 is 2.72 bits per heavy atom. The fourth-order valence-electron chi connectivity index (χ4n) is 4.08. The number of fused-ring (bicyclic) bond motifs is 1. The van der Waals surface area contributed by atoms with E-state index >= 15 is 0 Å². The minimum absolute atomic E-state index is 0.148. The van der Waals surface area contributed by atoms with Crippen LogP contribution in [0.2, 0.25) is 0 Å². The van der Waals surface area contributed by atoms with E-state index in [1.165, 1.54) is 6.42 Å². The predicted octanol–water partition coefficient (Wildman–Crippen LogP) is 2.01. The smallest absolute Gasteiger partial charge is 0.255 e. The standard InChI is InChI=1S/C19H22N2O4/c1-11-2-3-13(8-11)25-14-4-5-15-12(9-14)10-21(19(15)24)16-6-7-17(22)20-18(16)23/h4-5,9,11,13,16H,2-3,6-8,10H2,1H3,(H,20,22,23). The molecule has 0 spiro atoms. The number of ether oxygens (including phenoxy) is 1. The summed E-state index contributed by atoms with van der Waals surface area (Å²) < 4.78 is 6.07. The third kappa shape index (κ3) is 3.01. The molecule has 1 N–H and O–H groups in total. The number of carbonyl (C=O) groups excluding carboxylic acids is 3. The van der Waals surface area contributed by atoms with Crippen LogP contribution in [0.5, 0.6) is 5.75 Å². The lowest BCUT2D eigenvalue weighted by atomic mass is 10.0. The van der Waals surface area contributed by atoms with Gasteiger partial charge in [-0.3, -0.25) is 19.7 Å². The molecule has 2 heterocycles. The lowest BCUT2D eigenvalue weighted by molar-refractivity contribution is -0.136. The minimum atomic E-state index is -0.572. The van der Waals surface area contributed by atoms with Gasteiger partial charge in [0.2, 0.25) is 11.8 Å². The molecule has 1 saturated heterocycles. The first-order valence-corrected chi connectivity index (χ1v) is 8.95. The number of benzene rings is 1. The van der Waals surface area contributed by atoms with Gasteiger partial charge >= 0.3 is 0 Å². The van der Waals surface area contributed by atoms with E-state index < -0.39 is 6.04 Å². The number of piperidine rings is 1. The van der Waals surface area contributed by atoms with Crippen LogP contribution in [0.15, 0.2) is 18.2 Å². The van der Waals surface area contributed by atoms with Gasteiger partial charge in [-0.2, -0.15) is 0 Å². The van der Waals surface area contributed by atoms with Gasteiger partial charge in [0.05, 0.1) is 6.10 Å². The molecule has 1 aromatic carbocycles. The van der Waals surface area contributed by atoms with Crippen molar-refractivity contribution in [3.63, 3.8) is 0 Å². The summed E-state index contributed by atoms with van der Waals surface area (Å²) >= 11 is 0. The summed E-state index contributed by atoms with van der Waals surface area (Å²) in [5.41, 5.74) is 1.51. The Morgan fingerprint density at radius 1 is 1.16 bits per heavy atom. The second-order valence-electron chi connectivity index (χ2n) is 7.38. The Hall–Kier alpha value is -2.37. The van der Waals surface area contributed by atoms with Crippen molar-refractivity contribution in [3.05, 3.63) is 29.3 Å². The van der Waals surface area contributed by atoms with Crippen LogP contribution in [-0.4, -0.2) is 34.8 Å². The van der Waals surface area contributed by atoms with Gasteiger partial charge in [-0.15, -0.1) is 0 Å². The van der Waals surface area contributed by atoms with Crippen molar-refractivity contribution < 1.29 is 19.1 Å². The summed E-state index contributed by atoms with van der Waals surface area (Å²) in [6, 6.07) is 4.98. The van der Waals surface area contributed by atoms with E-state index in [-0.39, 0.29) is 30.2 Å². The van der Waals surface area contributed by atoms with Crippen LogP contribution in [-0.2, 0) is 16.1 Å². The van der Waals surface area contributed by atoms with Gasteiger partial charge in [0.25, 0.3) is 5.91 Å². The fourth-order valence-corrected chi connectivity index (χ4v) is 4.08. The second-order valence-corrected chi connectivity index (χ2v) is 7.38. The molecule has 2 aliphatic heterocycles. The molecule has 2 fully saturated rings. The maximum atomic E-state index is 12.6. The summed E-state index contributed by atoms with van der Waals surface area (Å²) in [6.07, 6.45) is 4.23. The SMILES string of the molecule is CC1CCC(Oc2ccc3c(c2)CN(C2CCC(=O)NC2=O)C3=O)C1. The summed E-state index contributed by atoms with van der Waals surface area (Å²) in [5, 5.41) is 2.32. The largest absolute Gasteiger partial charge is 0.490 e. The zero-order valence-electron chi connectivity index (χ0n) is 14.3. The van der Waals surface area contributed by atoms with Crippen molar-refractivity contribution in [2.45, 2.75) is 57.7 Å². The Labute approximate surface area is 146 Å². The van der Waals surface area contributed by atoms with Crippen LogP contribution in [0.25, 0.3) is 0 Å². The van der Waals surface area contributed by atoms with Crippen LogP contribution in [0.1, 0.15) is 54.9 Å². The molecule has 3 unspecified atom stereocenters. The van der Waals surface area contributed by atoms with E-state index in [2.05, 4.69) is 12.2 Å². The quantitative estimate of drug-likeness (QED) is 0.853. The van der Waals surface area contributed by atoms with Crippen molar-refractivity contribution in [1.29, 1.82) is 0 Å². The Kier molecular flexibility index (Phi) is 3.98. The van der Waals surface area contributed by atoms with Gasteiger partial charge in [0.15, 0.2) is 0 Å². The molecule has 6 heteroatoms. The summed E-state index contributed by atoms with van der Waals surface area (Å²) in [4.78, 5) is 37.6. The summed E-state index contributed by atoms with van der Waals surface area (Å²) in [6.45, 7) is 2.63. The van der Waals surface area contributed by atoms with E-state index in [1.807, 2.05) is 12.1 Å². The van der Waals surface area contributed by atoms with Crippen LogP contribution in [0.3, 0.4) is 0 Å². The summed E-state index contributed by atoms with van der Waals surface area (Å²) in [5.74, 6) is 0.686. The van der Waals surface area contributed by atoms with Gasteiger partial charge in [-0.05, 0) is 55.4 Å². The number of carbonyl (C=O) groups is 3. The summed E-state index contributed by atoms with van der Waals surface area (Å²) in [7, 11) is 0. The first-order chi connectivity index (χ1) is 12.0. The van der Waals surface area contributed by atoms with Crippen LogP contribution in [0.4, 0.5) is 0 Å². The van der Waals surface area contributed by atoms with Gasteiger partial charge in [-0.1, -0.05) is 6.92 Å². The average molecular weight is 342 g/mol. The second kappa shape index (κ2) is 6.17. The van der Waals surface area contributed by atoms with Crippen LogP contribution >= 0.6 is 0 Å². The minimum Gasteiger partial charge on any atom is -0.490 e. The monoisotopic (exact) mass is 342 g/mol. The van der Waals surface area contributed by atoms with Gasteiger partial charge in [0, 0.05) is 18.5 Å². The Balaban J connectivity index is 1.49. The maximum absolute atomic E-state index is 12.6. The molecule has 1 aromatic rings. The molecule has 3 atom stereocenters. The maximum Gasteiger partial charge on any atom is 0.255 e. The molecule has 25 heavy (non-hydrogen) atoms. The zero-order chi connectivity index (χ0) is 17.6. The molecular formula is C19H22N2O4. The van der Waals surface area contributed by atoms with E-state index in [4.69, 9.17) is 4.74 Å². The molecular weight excluding hydrogens is 320 g/mol. The highest BCUT2D eigenvalue weighted by atomic mass is 16.5. The van der Waals surface area contributed by atoms with Crippen molar-refractivity contribution in [1.82, 2.24) is 10.2 Å². The topological polar surface area (TPSA) is 75.7 Å². The first-order valence-electron chi connectivity index (χ1n) is 8.95. The molecule has 1 aliphatic carbocycles. The predicted molar refractivity (Wildman–Crippen MR) is 89.9 cm³/mol. The molecule has 132 valence electrons. The number of imide groups is 1. The first kappa shape index (κ1) is 16.1. The van der Waals surface area contributed by atoms with Crippen LogP contribution < -0.4 is 10.1 Å². The number of hydrogen-bond acceptors (Lipinski definition) is 4. The Morgan fingerprint density at radius 2 is 2.00 bits per heavy atom. The molecule has 0 aromatic heterocycles. The highest BCUT2D eigenvalue weighted by Crippen LogP contribution is 2.33. The highest BCUT2D eigenvalue weighted by Gasteiger charge is 2.39. The van der Waals surface area contributed by atoms with E-state index in [9.17, 15) is 14.4 Å². The van der Waals surface area contributed by atoms with Crippen molar-refractivity contribution in [2.75, 3.05) is 0 Å². The molecule has 0 bridgehead atoms. The number of rotatable bonds is 3. The lowest BCUT2D eigenvalue weighted by Gasteiger charge is -2.29. The van der Waals surface area contributed by atoms with E-state index in [1.54, 1.807) is 11.0 Å². The number of nitrogens with zero attached hydrogens (tertiary/aromatic N) is 1. The lowest BCUT2D eigenvalue weighted by Crippen LogP contribution is -2.52. The van der Waals surface area contributed by atoms with Gasteiger partial charge in [-0.25, -0.2) is 0 Å². The third-order valence-electron chi connectivity index (χ3n) is 5.44. The van der Waals surface area contributed by atoms with E-state index in [0.29, 0.717) is 24.4 Å². The number of amides is 3. The van der Waals surface area contributed by atoms with E-state index in [0.717, 1.165) is 24.2 Å². The molecule has 3 aliphatic rings. The fraction of sp³-hybridized carbons (Fsp3) is 0.526. The average Bonchev–Trinajstić information content (AvgIpc) is 3.11. The molecule has 3 amide bonds. The molecule has 1 saturated carbocycles. The zero-order valence-corrected chi connectivity index (χ0v) is 14.3. The highest BCUT2D eigenvalue weighted by molar-refractivity contribution is 6.05. The van der Waals surface area contributed by atoms with Crippen molar-refractivity contribution >= 4 is 17.7 Å². The number of hydrogen-bond donors (Lipinski definition) is 1. The normalized spacial score (nSPS) is 28.9. The number of nitrogens with one attached hydrogen (secondary N) is 1. The Bertz CT molecular complexity index is 745. The van der Waals surface area contributed by atoms with Gasteiger partial charge < -0.3 is 9.64 Å². The molecule has 0 radical (unpaired) electrons. The molecule has 6 nitrogen and oxygen atoms in total. The van der Waals surface area contributed by atoms with Gasteiger partial charge in [0.1, 0.15) is 11.8 Å².